The predicted octanol–water partition coefficient (Wildman–Crippen LogP) is 4.74. The molecule has 5 rings (SSSR count). The van der Waals surface area contributed by atoms with Crippen LogP contribution in [0.15, 0.2) is 45.8 Å². The van der Waals surface area contributed by atoms with Gasteiger partial charge in [-0.3, -0.25) is 34.6 Å². The monoisotopic (exact) mass is 581 g/mol. The molecule has 2 aromatic carbocycles. The molecule has 0 spiro atoms. The van der Waals surface area contributed by atoms with E-state index in [9.17, 15) is 34.6 Å². The van der Waals surface area contributed by atoms with Gasteiger partial charge < -0.3 is 4.57 Å². The summed E-state index contributed by atoms with van der Waals surface area (Å²) in [6, 6.07) is 8.44. The van der Waals surface area contributed by atoms with Gasteiger partial charge in [-0.2, -0.15) is 0 Å². The minimum absolute atomic E-state index is 0.0166. The van der Waals surface area contributed by atoms with E-state index in [1.807, 2.05) is 12.1 Å². The van der Waals surface area contributed by atoms with Crippen molar-refractivity contribution in [3.8, 4) is 11.1 Å². The minimum atomic E-state index is -0.435. The van der Waals surface area contributed by atoms with Crippen LogP contribution in [0.2, 0.25) is 0 Å². The molecule has 3 aromatic rings. The summed E-state index contributed by atoms with van der Waals surface area (Å²) in [7, 11) is 1.66. The van der Waals surface area contributed by atoms with Crippen molar-refractivity contribution in [3.05, 3.63) is 99.4 Å². The lowest BCUT2D eigenvalue weighted by molar-refractivity contribution is -0.385. The van der Waals surface area contributed by atoms with E-state index in [1.54, 1.807) is 26.2 Å². The molecule has 0 amide bonds. The van der Waals surface area contributed by atoms with Crippen LogP contribution in [0.5, 0.6) is 0 Å². The number of aryl methyl sites for hydroxylation is 4. The van der Waals surface area contributed by atoms with Crippen LogP contribution < -0.4 is 5.56 Å². The normalized spacial score (nSPS) is 14.2. The molecule has 0 atom stereocenters. The molecule has 2 aliphatic rings. The summed E-state index contributed by atoms with van der Waals surface area (Å²) in [5.74, 6) is 0.110. The summed E-state index contributed by atoms with van der Waals surface area (Å²) in [6.45, 7) is 1.72. The molecule has 0 N–H and O–H groups in total. The maximum absolute atomic E-state index is 11.8. The second-order valence-electron chi connectivity index (χ2n) is 9.47. The Kier molecular flexibility index (Phi) is 7.68. The van der Waals surface area contributed by atoms with Gasteiger partial charge in [0, 0.05) is 72.2 Å². The van der Waals surface area contributed by atoms with E-state index in [4.69, 9.17) is 0 Å². The van der Waals surface area contributed by atoms with Crippen molar-refractivity contribution in [2.45, 2.75) is 45.4 Å². The molecule has 0 bridgehead atoms. The fraction of sp³-hybridized carbons (Fsp3) is 0.296. The Morgan fingerprint density at radius 3 is 1.82 bits per heavy atom. The number of benzene rings is 2. The van der Waals surface area contributed by atoms with Gasteiger partial charge >= 0.3 is 0 Å². The van der Waals surface area contributed by atoms with Gasteiger partial charge in [0.2, 0.25) is 0 Å². The highest BCUT2D eigenvalue weighted by atomic mass is 79.9. The summed E-state index contributed by atoms with van der Waals surface area (Å²) in [5.41, 5.74) is 4.85. The molecular formula is C27H24BrN3O7. The quantitative estimate of drug-likeness (QED) is 0.321. The number of hydrogen-bond acceptors (Lipinski definition) is 7. The number of pyridine rings is 1. The topological polar surface area (TPSA) is 142 Å². The number of nitro groups is 2. The van der Waals surface area contributed by atoms with Crippen molar-refractivity contribution >= 4 is 38.9 Å². The van der Waals surface area contributed by atoms with Gasteiger partial charge in [-0.15, -0.1) is 0 Å². The maximum Gasteiger partial charge on any atom is 0.274 e. The fourth-order valence-electron chi connectivity index (χ4n) is 4.89. The van der Waals surface area contributed by atoms with Gasteiger partial charge in [0.1, 0.15) is 11.6 Å². The van der Waals surface area contributed by atoms with E-state index in [-0.39, 0.29) is 41.3 Å². The maximum atomic E-state index is 11.8. The van der Waals surface area contributed by atoms with Crippen LogP contribution in [0, 0.1) is 27.2 Å². The Labute approximate surface area is 225 Å². The van der Waals surface area contributed by atoms with Crippen molar-refractivity contribution in [2.75, 3.05) is 0 Å². The Morgan fingerprint density at radius 1 is 0.763 bits per heavy atom. The number of carbonyl (C=O) groups is 2. The SMILES string of the molecule is Cc1cc(-c2cc3c(c([N+](=O)[O-])c2)CC(=O)CC3)cn(C)c1=O.O=C1CCc2cc(Br)cc([N+](=O)[O-])c2C1. The van der Waals surface area contributed by atoms with Crippen molar-refractivity contribution in [1.82, 2.24) is 4.57 Å². The van der Waals surface area contributed by atoms with Gasteiger partial charge in [0.25, 0.3) is 16.9 Å². The number of carbonyl (C=O) groups excluding carboxylic acids is 2. The Balaban J connectivity index is 0.000000194. The molecule has 0 saturated heterocycles. The lowest BCUT2D eigenvalue weighted by Crippen LogP contribution is -2.18. The lowest BCUT2D eigenvalue weighted by Gasteiger charge is -2.17. The summed E-state index contributed by atoms with van der Waals surface area (Å²) < 4.78 is 2.17. The van der Waals surface area contributed by atoms with Gasteiger partial charge in [-0.1, -0.05) is 22.0 Å². The fourth-order valence-corrected chi connectivity index (χ4v) is 5.39. The average Bonchev–Trinajstić information content (AvgIpc) is 2.86. The zero-order valence-corrected chi connectivity index (χ0v) is 22.4. The third-order valence-corrected chi connectivity index (χ3v) is 7.24. The molecule has 196 valence electrons. The number of rotatable bonds is 3. The molecule has 2 aliphatic carbocycles. The van der Waals surface area contributed by atoms with Gasteiger partial charge in [0.05, 0.1) is 9.85 Å². The third kappa shape index (κ3) is 5.62. The van der Waals surface area contributed by atoms with E-state index in [0.717, 1.165) is 16.7 Å². The smallest absolute Gasteiger partial charge is 0.274 e. The molecule has 1 aromatic heterocycles. The Hall–Kier alpha value is -3.99. The van der Waals surface area contributed by atoms with Gasteiger partial charge in [0.15, 0.2) is 0 Å². The second-order valence-corrected chi connectivity index (χ2v) is 10.4. The van der Waals surface area contributed by atoms with E-state index < -0.39 is 9.85 Å². The number of aromatic nitrogens is 1. The van der Waals surface area contributed by atoms with Gasteiger partial charge in [-0.05, 0) is 54.2 Å². The molecule has 11 heteroatoms. The first-order valence-electron chi connectivity index (χ1n) is 11.9. The molecule has 10 nitrogen and oxygen atoms in total. The molecule has 0 radical (unpaired) electrons. The zero-order chi connectivity index (χ0) is 27.7. The molecule has 0 saturated carbocycles. The standard InChI is InChI=1S/C17H16N2O4.C10H8BrNO3/c1-10-5-13(9-18(2)17(10)21)12-6-11-3-4-14(20)8-15(11)16(7-12)19(22)23;11-7-3-6-1-2-8(13)5-9(6)10(4-7)12(14)15/h5-7,9H,3-4,8H2,1-2H3;3-4H,1-2,5H2. The van der Waals surface area contributed by atoms with Crippen LogP contribution in [0.4, 0.5) is 11.4 Å². The van der Waals surface area contributed by atoms with Crippen LogP contribution >= 0.6 is 15.9 Å². The highest BCUT2D eigenvalue weighted by Crippen LogP contribution is 2.34. The molecule has 0 unspecified atom stereocenters. The van der Waals surface area contributed by atoms with Crippen LogP contribution in [0.25, 0.3) is 11.1 Å². The Morgan fingerprint density at radius 2 is 1.29 bits per heavy atom. The average molecular weight is 582 g/mol. The lowest BCUT2D eigenvalue weighted by atomic mass is 9.87. The summed E-state index contributed by atoms with van der Waals surface area (Å²) >= 11 is 3.24. The molecule has 38 heavy (non-hydrogen) atoms. The summed E-state index contributed by atoms with van der Waals surface area (Å²) in [6.07, 6.45) is 4.02. The largest absolute Gasteiger partial charge is 0.318 e. The Bertz CT molecular complexity index is 1550. The first kappa shape index (κ1) is 27.1. The summed E-state index contributed by atoms with van der Waals surface area (Å²) in [5, 5.41) is 22.2. The number of ketones is 2. The van der Waals surface area contributed by atoms with Crippen molar-refractivity contribution < 1.29 is 19.4 Å². The number of halogens is 1. The third-order valence-electron chi connectivity index (χ3n) is 6.79. The molecule has 0 fully saturated rings. The molecule has 1 heterocycles. The number of hydrogen-bond donors (Lipinski definition) is 0. The summed E-state index contributed by atoms with van der Waals surface area (Å²) in [4.78, 5) is 56.0. The first-order chi connectivity index (χ1) is 17.9. The van der Waals surface area contributed by atoms with Crippen LogP contribution in [0.1, 0.15) is 40.7 Å². The van der Waals surface area contributed by atoms with E-state index in [0.29, 0.717) is 52.4 Å². The number of Topliss-reactive ketones (excluding diaryl/α,β-unsaturated/α-hetero) is 2. The highest BCUT2D eigenvalue weighted by Gasteiger charge is 2.26. The first-order valence-corrected chi connectivity index (χ1v) is 12.7. The second kappa shape index (κ2) is 10.8. The van der Waals surface area contributed by atoms with E-state index in [1.165, 1.54) is 16.7 Å². The van der Waals surface area contributed by atoms with Crippen LogP contribution in [0.3, 0.4) is 0 Å². The number of fused-ring (bicyclic) bond motifs is 2. The van der Waals surface area contributed by atoms with E-state index >= 15 is 0 Å². The highest BCUT2D eigenvalue weighted by molar-refractivity contribution is 9.10. The molecular weight excluding hydrogens is 558 g/mol. The van der Waals surface area contributed by atoms with Crippen LogP contribution in [-0.2, 0) is 42.3 Å². The van der Waals surface area contributed by atoms with Crippen molar-refractivity contribution in [1.29, 1.82) is 0 Å². The minimum Gasteiger partial charge on any atom is -0.318 e. The van der Waals surface area contributed by atoms with Gasteiger partial charge in [-0.25, -0.2) is 0 Å². The van der Waals surface area contributed by atoms with Crippen LogP contribution in [-0.4, -0.2) is 26.0 Å². The predicted molar refractivity (Wildman–Crippen MR) is 143 cm³/mol. The number of nitrogens with zero attached hydrogens (tertiary/aromatic N) is 3. The molecule has 0 aliphatic heterocycles. The van der Waals surface area contributed by atoms with Crippen molar-refractivity contribution in [3.63, 3.8) is 0 Å². The van der Waals surface area contributed by atoms with E-state index in [2.05, 4.69) is 15.9 Å². The number of nitro benzene ring substituents is 2. The van der Waals surface area contributed by atoms with Crippen molar-refractivity contribution in [2.24, 2.45) is 7.05 Å². The zero-order valence-electron chi connectivity index (χ0n) is 20.8.